The summed E-state index contributed by atoms with van der Waals surface area (Å²) in [6.07, 6.45) is 18.3. The number of nitrogens with one attached hydrogen (secondary N) is 1. The van der Waals surface area contributed by atoms with Gasteiger partial charge in [-0.3, -0.25) is 5.41 Å². The fourth-order valence-corrected chi connectivity index (χ4v) is 2.10. The number of amidine groups is 1. The Morgan fingerprint density at radius 1 is 0.710 bits per heavy atom. The van der Waals surface area contributed by atoms with Gasteiger partial charge in [0.25, 0.3) is 0 Å². The van der Waals surface area contributed by atoms with Crippen LogP contribution in [-0.4, -0.2) is 11.5 Å². The molecule has 0 unspecified atom stereocenters. The second-order valence-corrected chi connectivity index (χ2v) is 6.23. The lowest BCUT2D eigenvalue weighted by Crippen LogP contribution is -2.03. The number of hydrogen-bond donors (Lipinski definition) is 1. The van der Waals surface area contributed by atoms with Crippen LogP contribution in [-0.2, 0) is 0 Å². The molecule has 0 aliphatic heterocycles. The molecule has 0 spiro atoms. The highest BCUT2D eigenvalue weighted by atomic mass is 14.8. The largest absolute Gasteiger partial charge is 0.282 e. The van der Waals surface area contributed by atoms with Crippen LogP contribution in [0.15, 0.2) is 114 Å². The molecule has 2 aromatic rings. The molecule has 0 aromatic heterocycles. The topological polar surface area (TPSA) is 36.2 Å². The molecule has 2 heteroatoms. The van der Waals surface area contributed by atoms with E-state index < -0.39 is 0 Å². The Balaban J connectivity index is 0.00000134. The van der Waals surface area contributed by atoms with E-state index in [0.29, 0.717) is 0 Å². The molecule has 0 amide bonds. The number of hydrogen-bond acceptors (Lipinski definition) is 1. The average Bonchev–Trinajstić information content (AvgIpc) is 2.85. The lowest BCUT2D eigenvalue weighted by Gasteiger charge is -2.03. The van der Waals surface area contributed by atoms with Gasteiger partial charge in [-0.1, -0.05) is 144 Å². The summed E-state index contributed by atoms with van der Waals surface area (Å²) in [7, 11) is 0. The Hall–Kier alpha value is -3.26. The van der Waals surface area contributed by atoms with E-state index >= 15 is 0 Å². The van der Waals surface area contributed by atoms with Crippen molar-refractivity contribution in [2.45, 2.75) is 47.5 Å². The van der Waals surface area contributed by atoms with Crippen LogP contribution in [0.2, 0.25) is 0 Å². The Morgan fingerprint density at radius 3 is 1.65 bits per heavy atom. The predicted molar refractivity (Wildman–Crippen MR) is 140 cm³/mol. The van der Waals surface area contributed by atoms with Gasteiger partial charge in [-0.05, 0) is 13.0 Å². The van der Waals surface area contributed by atoms with Gasteiger partial charge in [0.15, 0.2) is 5.84 Å². The highest BCUT2D eigenvalue weighted by Crippen LogP contribution is 2.07. The van der Waals surface area contributed by atoms with Crippen molar-refractivity contribution in [1.29, 1.82) is 5.41 Å². The molecule has 0 atom stereocenters. The number of allylic oxidation sites excluding steroid dienone is 8. The van der Waals surface area contributed by atoms with E-state index in [2.05, 4.69) is 18.8 Å². The summed E-state index contributed by atoms with van der Waals surface area (Å²) in [5.41, 5.74) is 2.54. The van der Waals surface area contributed by atoms with Gasteiger partial charge in [0.1, 0.15) is 0 Å². The molecule has 2 aromatic carbocycles. The zero-order valence-corrected chi connectivity index (χ0v) is 19.8. The highest BCUT2D eigenvalue weighted by molar-refractivity contribution is 6.16. The summed E-state index contributed by atoms with van der Waals surface area (Å²) in [6.45, 7) is 10.3. The summed E-state index contributed by atoms with van der Waals surface area (Å²) in [6, 6.07) is 19.5. The minimum absolute atomic E-state index is 0.251. The molecule has 0 aliphatic carbocycles. The van der Waals surface area contributed by atoms with Gasteiger partial charge in [-0.25, -0.2) is 4.99 Å². The van der Waals surface area contributed by atoms with Gasteiger partial charge < -0.3 is 0 Å². The normalized spacial score (nSPS) is 11.5. The molecule has 0 aliphatic rings. The third-order valence-corrected chi connectivity index (χ3v) is 3.85. The van der Waals surface area contributed by atoms with Crippen LogP contribution in [0.1, 0.15) is 58.6 Å². The van der Waals surface area contributed by atoms with E-state index in [1.165, 1.54) is 12.8 Å². The molecule has 2 rings (SSSR count). The Morgan fingerprint density at radius 2 is 1.16 bits per heavy atom. The first kappa shape index (κ1) is 27.7. The van der Waals surface area contributed by atoms with Crippen molar-refractivity contribution < 1.29 is 0 Å². The maximum Gasteiger partial charge on any atom is 0.152 e. The van der Waals surface area contributed by atoms with E-state index in [4.69, 9.17) is 5.41 Å². The molecule has 164 valence electrons. The fraction of sp³-hybridized carbons (Fsp3) is 0.241. The van der Waals surface area contributed by atoms with Gasteiger partial charge in [-0.2, -0.15) is 0 Å². The van der Waals surface area contributed by atoms with Crippen LogP contribution < -0.4 is 0 Å². The summed E-state index contributed by atoms with van der Waals surface area (Å²) in [5, 5.41) is 8.24. The van der Waals surface area contributed by atoms with E-state index in [-0.39, 0.29) is 5.84 Å². The molecule has 0 radical (unpaired) electrons. The van der Waals surface area contributed by atoms with Crippen molar-refractivity contribution in [2.75, 3.05) is 0 Å². The first-order chi connectivity index (χ1) is 15.2. The quantitative estimate of drug-likeness (QED) is 0.267. The first-order valence-corrected chi connectivity index (χ1v) is 11.1. The predicted octanol–water partition coefficient (Wildman–Crippen LogP) is 8.58. The van der Waals surface area contributed by atoms with Crippen molar-refractivity contribution in [2.24, 2.45) is 4.99 Å². The van der Waals surface area contributed by atoms with Gasteiger partial charge in [-0.15, -0.1) is 0 Å². The zero-order valence-electron chi connectivity index (χ0n) is 19.8. The van der Waals surface area contributed by atoms with E-state index in [1.807, 2.05) is 130 Å². The number of nitrogens with zero attached hydrogens (tertiary/aromatic N) is 1. The summed E-state index contributed by atoms with van der Waals surface area (Å²) in [5.74, 6) is 0.251. The average molecular weight is 415 g/mol. The summed E-state index contributed by atoms with van der Waals surface area (Å²) in [4.78, 5) is 4.51. The van der Waals surface area contributed by atoms with Crippen LogP contribution in [0.4, 0.5) is 0 Å². The Bertz CT molecular complexity index is 837. The maximum absolute atomic E-state index is 8.24. The molecule has 0 fully saturated rings. The standard InChI is InChI=1S/C23H22N2.C4H10.C2H6/c1-2-3-4-5-6-7-14-19-22(20-15-10-8-11-16-20)25-23(24)21-17-12-9-13-18-21;1-3-4-2;1-2/h2-19,24H,1H3;3-4H2,1-2H3;1-2H3/b3-2-,5-4-,7-6+,19-14+,24-23?,25-22?;;. The monoisotopic (exact) mass is 414 g/mol. The minimum atomic E-state index is 0.251. The van der Waals surface area contributed by atoms with Crippen LogP contribution in [0, 0.1) is 5.41 Å². The molecule has 0 heterocycles. The van der Waals surface area contributed by atoms with E-state index in [9.17, 15) is 0 Å². The molecule has 0 saturated heterocycles. The van der Waals surface area contributed by atoms with Gasteiger partial charge >= 0.3 is 0 Å². The minimum Gasteiger partial charge on any atom is -0.282 e. The second kappa shape index (κ2) is 20.0. The number of aliphatic imine (C=N–C) groups is 1. The molecule has 0 bridgehead atoms. The van der Waals surface area contributed by atoms with Crippen LogP contribution >= 0.6 is 0 Å². The highest BCUT2D eigenvalue weighted by Gasteiger charge is 2.03. The van der Waals surface area contributed by atoms with E-state index in [0.717, 1.165) is 16.8 Å². The molecule has 0 saturated carbocycles. The molecular weight excluding hydrogens is 376 g/mol. The number of rotatable bonds is 7. The zero-order chi connectivity index (χ0) is 23.2. The van der Waals surface area contributed by atoms with Gasteiger partial charge in [0.05, 0.1) is 5.71 Å². The Kier molecular flexibility index (Phi) is 17.9. The molecule has 31 heavy (non-hydrogen) atoms. The lowest BCUT2D eigenvalue weighted by atomic mass is 10.1. The number of benzene rings is 2. The first-order valence-electron chi connectivity index (χ1n) is 11.1. The Labute approximate surface area is 190 Å². The van der Waals surface area contributed by atoms with Crippen LogP contribution in [0.3, 0.4) is 0 Å². The van der Waals surface area contributed by atoms with Crippen molar-refractivity contribution >= 4 is 11.5 Å². The maximum atomic E-state index is 8.24. The third kappa shape index (κ3) is 13.6. The summed E-state index contributed by atoms with van der Waals surface area (Å²) < 4.78 is 0. The van der Waals surface area contributed by atoms with Crippen LogP contribution in [0.5, 0.6) is 0 Å². The number of unbranched alkanes of at least 4 members (excludes halogenated alkanes) is 1. The van der Waals surface area contributed by atoms with Gasteiger partial charge in [0, 0.05) is 11.1 Å². The SMILES string of the molecule is CC.CCCC.C\C=C/C=C\C=C\C=C\C(=NC(=N)c1ccccc1)c1ccccc1. The molecule has 1 N–H and O–H groups in total. The fourth-order valence-electron chi connectivity index (χ4n) is 2.10. The lowest BCUT2D eigenvalue weighted by molar-refractivity contribution is 0.886. The van der Waals surface area contributed by atoms with Gasteiger partial charge in [0.2, 0.25) is 0 Å². The molecule has 2 nitrogen and oxygen atoms in total. The molecular formula is C29H38N2. The summed E-state index contributed by atoms with van der Waals surface area (Å²) >= 11 is 0. The van der Waals surface area contributed by atoms with Crippen molar-refractivity contribution in [1.82, 2.24) is 0 Å². The van der Waals surface area contributed by atoms with Crippen molar-refractivity contribution in [3.63, 3.8) is 0 Å². The van der Waals surface area contributed by atoms with Crippen LogP contribution in [0.25, 0.3) is 0 Å². The smallest absolute Gasteiger partial charge is 0.152 e. The van der Waals surface area contributed by atoms with Crippen molar-refractivity contribution in [3.8, 4) is 0 Å². The van der Waals surface area contributed by atoms with E-state index in [1.54, 1.807) is 0 Å². The second-order valence-electron chi connectivity index (χ2n) is 6.23. The third-order valence-electron chi connectivity index (χ3n) is 3.85. The van der Waals surface area contributed by atoms with Crippen molar-refractivity contribution in [3.05, 3.63) is 120 Å².